The molecule has 0 aliphatic heterocycles. The van der Waals surface area contributed by atoms with Gasteiger partial charge in [0.2, 0.25) is 0 Å². The zero-order valence-corrected chi connectivity index (χ0v) is 11.0. The Balaban J connectivity index is 0. The van der Waals surface area contributed by atoms with E-state index in [4.69, 9.17) is 25.5 Å². The lowest BCUT2D eigenvalue weighted by Crippen LogP contribution is -2.11. The van der Waals surface area contributed by atoms with Crippen molar-refractivity contribution in [1.82, 2.24) is 0 Å². The topological polar surface area (TPSA) is 135 Å². The van der Waals surface area contributed by atoms with E-state index in [0.717, 1.165) is 0 Å². The van der Waals surface area contributed by atoms with Crippen molar-refractivity contribution in [3.63, 3.8) is 0 Å². The van der Waals surface area contributed by atoms with Gasteiger partial charge in [0.1, 0.15) is 0 Å². The van der Waals surface area contributed by atoms with E-state index in [1.54, 1.807) is 0 Å². The Morgan fingerprint density at radius 2 is 1.21 bits per heavy atom. The summed E-state index contributed by atoms with van der Waals surface area (Å²) in [7, 11) is 0. The third kappa shape index (κ3) is 19.3. The maximum atomic E-state index is 9.90. The molecule has 19 heavy (non-hydrogen) atoms. The SMILES string of the molecule is O=C(O)CCCCC(=O)O.OCCCC(CO)CO. The molecule has 0 aliphatic rings. The number of unbranched alkanes of at least 4 members (excludes halogenated alkanes) is 1. The highest BCUT2D eigenvalue weighted by Gasteiger charge is 2.03. The van der Waals surface area contributed by atoms with Gasteiger partial charge in [0.25, 0.3) is 0 Å². The highest BCUT2D eigenvalue weighted by Crippen LogP contribution is 2.02. The maximum absolute atomic E-state index is 9.90. The van der Waals surface area contributed by atoms with Crippen molar-refractivity contribution in [2.24, 2.45) is 5.92 Å². The normalized spacial score (nSPS) is 9.89. The number of carboxylic acids is 2. The van der Waals surface area contributed by atoms with Crippen molar-refractivity contribution in [3.05, 3.63) is 0 Å². The summed E-state index contributed by atoms with van der Waals surface area (Å²) in [4.78, 5) is 19.8. The van der Waals surface area contributed by atoms with Crippen LogP contribution in [0.15, 0.2) is 0 Å². The van der Waals surface area contributed by atoms with Crippen LogP contribution in [0.3, 0.4) is 0 Å². The minimum Gasteiger partial charge on any atom is -0.481 e. The standard InChI is InChI=1S/C6H10O4.C6H14O3/c7-5(8)3-1-2-4-6(9)10;7-3-1-2-6(4-8)5-9/h1-4H2,(H,7,8)(H,9,10);6-9H,1-5H2. The maximum Gasteiger partial charge on any atom is 0.303 e. The molecule has 0 rings (SSSR count). The number of aliphatic hydroxyl groups is 3. The first-order chi connectivity index (χ1) is 8.97. The highest BCUT2D eigenvalue weighted by molar-refractivity contribution is 5.67. The van der Waals surface area contributed by atoms with Gasteiger partial charge in [0.15, 0.2) is 0 Å². The Hall–Kier alpha value is -1.18. The van der Waals surface area contributed by atoms with Gasteiger partial charge in [-0.25, -0.2) is 0 Å². The molecular formula is C12H24O7. The van der Waals surface area contributed by atoms with Crippen LogP contribution in [0.1, 0.15) is 38.5 Å². The fourth-order valence-electron chi connectivity index (χ4n) is 1.17. The molecule has 0 saturated heterocycles. The smallest absolute Gasteiger partial charge is 0.303 e. The van der Waals surface area contributed by atoms with E-state index in [2.05, 4.69) is 0 Å². The van der Waals surface area contributed by atoms with Gasteiger partial charge >= 0.3 is 11.9 Å². The predicted molar refractivity (Wildman–Crippen MR) is 67.7 cm³/mol. The molecule has 114 valence electrons. The first-order valence-corrected chi connectivity index (χ1v) is 6.24. The van der Waals surface area contributed by atoms with Crippen LogP contribution in [0, 0.1) is 5.92 Å². The fraction of sp³-hybridized carbons (Fsp3) is 0.833. The monoisotopic (exact) mass is 280 g/mol. The van der Waals surface area contributed by atoms with Crippen molar-refractivity contribution in [2.75, 3.05) is 19.8 Å². The largest absolute Gasteiger partial charge is 0.481 e. The number of carbonyl (C=O) groups is 2. The van der Waals surface area contributed by atoms with Crippen LogP contribution in [0.2, 0.25) is 0 Å². The van der Waals surface area contributed by atoms with Crippen molar-refractivity contribution in [3.8, 4) is 0 Å². The van der Waals surface area contributed by atoms with Gasteiger partial charge in [-0.3, -0.25) is 9.59 Å². The van der Waals surface area contributed by atoms with Crippen molar-refractivity contribution >= 4 is 11.9 Å². The Kier molecular flexibility index (Phi) is 15.8. The Bertz CT molecular complexity index is 210. The molecule has 0 aromatic rings. The molecule has 0 amide bonds. The average molecular weight is 280 g/mol. The Morgan fingerprint density at radius 1 is 0.789 bits per heavy atom. The van der Waals surface area contributed by atoms with Gasteiger partial charge < -0.3 is 25.5 Å². The van der Waals surface area contributed by atoms with Crippen molar-refractivity contribution in [2.45, 2.75) is 38.5 Å². The van der Waals surface area contributed by atoms with Gasteiger partial charge in [0.05, 0.1) is 0 Å². The number of aliphatic carboxylic acids is 2. The average Bonchev–Trinajstić information content (AvgIpc) is 2.36. The lowest BCUT2D eigenvalue weighted by atomic mass is 10.1. The molecule has 0 bridgehead atoms. The first kappa shape index (κ1) is 20.1. The number of carboxylic acid groups (broad SMARTS) is 2. The summed E-state index contributed by atoms with van der Waals surface area (Å²) in [6.07, 6.45) is 2.37. The van der Waals surface area contributed by atoms with Gasteiger partial charge in [-0.05, 0) is 25.7 Å². The Labute approximate surface area is 112 Å². The van der Waals surface area contributed by atoms with E-state index in [0.29, 0.717) is 25.7 Å². The molecule has 0 fully saturated rings. The molecule has 0 heterocycles. The Morgan fingerprint density at radius 3 is 1.47 bits per heavy atom. The van der Waals surface area contributed by atoms with E-state index in [1.807, 2.05) is 0 Å². The molecule has 0 unspecified atom stereocenters. The molecule has 0 aromatic heterocycles. The summed E-state index contributed by atoms with van der Waals surface area (Å²) >= 11 is 0. The lowest BCUT2D eigenvalue weighted by molar-refractivity contribution is -0.139. The highest BCUT2D eigenvalue weighted by atomic mass is 16.4. The first-order valence-electron chi connectivity index (χ1n) is 6.24. The zero-order chi connectivity index (χ0) is 15.1. The molecular weight excluding hydrogens is 256 g/mol. The third-order valence-corrected chi connectivity index (χ3v) is 2.32. The van der Waals surface area contributed by atoms with Gasteiger partial charge in [-0.2, -0.15) is 0 Å². The summed E-state index contributed by atoms with van der Waals surface area (Å²) in [6.45, 7) is 0.156. The second-order valence-electron chi connectivity index (χ2n) is 4.09. The zero-order valence-electron chi connectivity index (χ0n) is 11.0. The van der Waals surface area contributed by atoms with Gasteiger partial charge in [-0.15, -0.1) is 0 Å². The number of aliphatic hydroxyl groups excluding tert-OH is 3. The summed E-state index contributed by atoms with van der Waals surface area (Å²) in [5.74, 6) is -1.78. The summed E-state index contributed by atoms with van der Waals surface area (Å²) in [5.41, 5.74) is 0. The molecule has 5 N–H and O–H groups in total. The molecule has 0 atom stereocenters. The van der Waals surface area contributed by atoms with E-state index in [9.17, 15) is 9.59 Å². The minimum absolute atomic E-state index is 0.0104. The second-order valence-corrected chi connectivity index (χ2v) is 4.09. The molecule has 0 radical (unpaired) electrons. The third-order valence-electron chi connectivity index (χ3n) is 2.32. The number of rotatable bonds is 10. The van der Waals surface area contributed by atoms with E-state index in [-0.39, 0.29) is 38.6 Å². The molecule has 0 spiro atoms. The van der Waals surface area contributed by atoms with Gasteiger partial charge in [0, 0.05) is 38.6 Å². The van der Waals surface area contributed by atoms with Crippen LogP contribution in [0.5, 0.6) is 0 Å². The molecule has 0 saturated carbocycles. The fourth-order valence-corrected chi connectivity index (χ4v) is 1.17. The van der Waals surface area contributed by atoms with Gasteiger partial charge in [-0.1, -0.05) is 0 Å². The summed E-state index contributed by atoms with van der Waals surface area (Å²) < 4.78 is 0. The van der Waals surface area contributed by atoms with Crippen LogP contribution in [-0.2, 0) is 9.59 Å². The number of hydrogen-bond donors (Lipinski definition) is 5. The van der Waals surface area contributed by atoms with Crippen molar-refractivity contribution in [1.29, 1.82) is 0 Å². The number of hydrogen-bond acceptors (Lipinski definition) is 5. The molecule has 7 heteroatoms. The van der Waals surface area contributed by atoms with E-state index >= 15 is 0 Å². The molecule has 7 nitrogen and oxygen atoms in total. The van der Waals surface area contributed by atoms with Crippen LogP contribution in [0.25, 0.3) is 0 Å². The van der Waals surface area contributed by atoms with Crippen LogP contribution < -0.4 is 0 Å². The summed E-state index contributed by atoms with van der Waals surface area (Å²) in [6, 6.07) is 0. The summed E-state index contributed by atoms with van der Waals surface area (Å²) in [5, 5.41) is 41.6. The van der Waals surface area contributed by atoms with E-state index < -0.39 is 11.9 Å². The van der Waals surface area contributed by atoms with Crippen LogP contribution >= 0.6 is 0 Å². The lowest BCUT2D eigenvalue weighted by Gasteiger charge is -2.07. The van der Waals surface area contributed by atoms with Crippen molar-refractivity contribution < 1.29 is 35.1 Å². The quantitative estimate of drug-likeness (QED) is 0.357. The molecule has 0 aliphatic carbocycles. The second kappa shape index (κ2) is 14.9. The van der Waals surface area contributed by atoms with E-state index in [1.165, 1.54) is 0 Å². The van der Waals surface area contributed by atoms with Crippen LogP contribution in [0.4, 0.5) is 0 Å². The minimum atomic E-state index is -0.870. The van der Waals surface area contributed by atoms with Crippen LogP contribution in [-0.4, -0.2) is 57.3 Å². The predicted octanol–water partition coefficient (Wildman–Crippen LogP) is 0.0757. The molecule has 0 aromatic carbocycles.